The molecule has 1 fully saturated rings. The number of nitrogens with zero attached hydrogens (tertiary/aromatic N) is 2. The first kappa shape index (κ1) is 13.5. The van der Waals surface area contributed by atoms with Gasteiger partial charge in [-0.1, -0.05) is 6.92 Å². The number of likely N-dealkylation sites (tertiary alicyclic amines) is 1. The summed E-state index contributed by atoms with van der Waals surface area (Å²) in [6, 6.07) is 0.167. The Hall–Kier alpha value is -0.610. The predicted molar refractivity (Wildman–Crippen MR) is 68.8 cm³/mol. The molecule has 0 saturated carbocycles. The molecule has 4 nitrogen and oxygen atoms in total. The molecule has 16 heavy (non-hydrogen) atoms. The van der Waals surface area contributed by atoms with Crippen LogP contribution in [-0.2, 0) is 0 Å². The lowest BCUT2D eigenvalue weighted by Crippen LogP contribution is -2.48. The molecule has 1 aliphatic rings. The van der Waals surface area contributed by atoms with Gasteiger partial charge in [0.15, 0.2) is 0 Å². The van der Waals surface area contributed by atoms with E-state index in [2.05, 4.69) is 30.8 Å². The molecule has 1 saturated heterocycles. The van der Waals surface area contributed by atoms with Gasteiger partial charge in [-0.25, -0.2) is 0 Å². The molecule has 0 amide bonds. The minimum atomic E-state index is 0.167. The second-order valence-electron chi connectivity index (χ2n) is 5.12. The first-order valence-corrected chi connectivity index (χ1v) is 6.27. The van der Waals surface area contributed by atoms with Gasteiger partial charge in [-0.05, 0) is 52.4 Å². The maximum atomic E-state index is 7.58. The van der Waals surface area contributed by atoms with Crippen molar-refractivity contribution < 1.29 is 0 Å². The molecule has 0 bridgehead atoms. The highest BCUT2D eigenvalue weighted by atomic mass is 15.2. The number of nitrogens with two attached hydrogens (primary N) is 1. The Morgan fingerprint density at radius 1 is 1.44 bits per heavy atom. The lowest BCUT2D eigenvalue weighted by molar-refractivity contribution is 0.142. The van der Waals surface area contributed by atoms with Gasteiger partial charge in [-0.2, -0.15) is 0 Å². The minimum absolute atomic E-state index is 0.167. The average Bonchev–Trinajstić information content (AvgIpc) is 2.20. The molecule has 94 valence electrons. The third kappa shape index (κ3) is 3.76. The second kappa shape index (κ2) is 6.21. The molecule has 4 heteroatoms. The molecule has 1 atom stereocenters. The van der Waals surface area contributed by atoms with Gasteiger partial charge in [0.1, 0.15) is 5.84 Å². The van der Waals surface area contributed by atoms with Crippen molar-refractivity contribution in [1.82, 2.24) is 9.80 Å². The molecule has 0 aromatic heterocycles. The number of hydrogen-bond acceptors (Lipinski definition) is 3. The van der Waals surface area contributed by atoms with Crippen molar-refractivity contribution in [3.8, 4) is 0 Å². The van der Waals surface area contributed by atoms with Gasteiger partial charge in [0.05, 0.1) is 6.04 Å². The van der Waals surface area contributed by atoms with E-state index in [0.717, 1.165) is 25.4 Å². The summed E-state index contributed by atoms with van der Waals surface area (Å²) in [4.78, 5) is 4.64. The molecule has 1 rings (SSSR count). The van der Waals surface area contributed by atoms with Crippen molar-refractivity contribution in [2.24, 2.45) is 11.7 Å². The Morgan fingerprint density at radius 3 is 2.38 bits per heavy atom. The summed E-state index contributed by atoms with van der Waals surface area (Å²) in [5.74, 6) is 1.14. The normalized spacial score (nSPS) is 21.2. The van der Waals surface area contributed by atoms with E-state index in [0.29, 0.717) is 5.84 Å². The van der Waals surface area contributed by atoms with Crippen LogP contribution in [0.2, 0.25) is 0 Å². The van der Waals surface area contributed by atoms with Crippen molar-refractivity contribution in [1.29, 1.82) is 5.41 Å². The summed E-state index contributed by atoms with van der Waals surface area (Å²) >= 11 is 0. The van der Waals surface area contributed by atoms with E-state index in [9.17, 15) is 0 Å². The zero-order chi connectivity index (χ0) is 12.1. The Bertz CT molecular complexity index is 219. The van der Waals surface area contributed by atoms with E-state index < -0.39 is 0 Å². The third-order valence-corrected chi connectivity index (χ3v) is 3.46. The number of nitrogens with one attached hydrogen (secondary N) is 1. The summed E-state index contributed by atoms with van der Waals surface area (Å²) in [5, 5.41) is 7.58. The standard InChI is InChI=1S/C12H26N4/c1-4-11(12(13)14)16-7-5-10(6-8-16)9-15(2)3/h10-11H,4-9H2,1-3H3,(H3,13,14). The van der Waals surface area contributed by atoms with E-state index in [1.165, 1.54) is 19.4 Å². The third-order valence-electron chi connectivity index (χ3n) is 3.46. The van der Waals surface area contributed by atoms with Crippen LogP contribution in [0.5, 0.6) is 0 Å². The van der Waals surface area contributed by atoms with Crippen LogP contribution in [-0.4, -0.2) is 55.4 Å². The van der Waals surface area contributed by atoms with Crippen molar-refractivity contribution in [3.05, 3.63) is 0 Å². The Balaban J connectivity index is 2.38. The van der Waals surface area contributed by atoms with Gasteiger partial charge < -0.3 is 10.6 Å². The van der Waals surface area contributed by atoms with Crippen LogP contribution in [0.15, 0.2) is 0 Å². The summed E-state index contributed by atoms with van der Waals surface area (Å²) in [5.41, 5.74) is 5.63. The molecule has 0 aromatic rings. The van der Waals surface area contributed by atoms with Crippen LogP contribution in [0, 0.1) is 11.3 Å². The summed E-state index contributed by atoms with van der Waals surface area (Å²) in [6.07, 6.45) is 3.43. The van der Waals surface area contributed by atoms with Crippen molar-refractivity contribution in [2.75, 3.05) is 33.7 Å². The Kier molecular flexibility index (Phi) is 5.22. The van der Waals surface area contributed by atoms with Crippen molar-refractivity contribution in [3.63, 3.8) is 0 Å². The first-order chi connectivity index (χ1) is 7.54. The smallest absolute Gasteiger partial charge is 0.108 e. The largest absolute Gasteiger partial charge is 0.386 e. The fraction of sp³-hybridized carbons (Fsp3) is 0.917. The zero-order valence-electron chi connectivity index (χ0n) is 10.9. The first-order valence-electron chi connectivity index (χ1n) is 6.27. The Morgan fingerprint density at radius 2 is 2.00 bits per heavy atom. The molecule has 0 aliphatic carbocycles. The maximum absolute atomic E-state index is 7.58. The number of amidine groups is 1. The van der Waals surface area contributed by atoms with Crippen LogP contribution < -0.4 is 5.73 Å². The molecular weight excluding hydrogens is 200 g/mol. The van der Waals surface area contributed by atoms with E-state index in [-0.39, 0.29) is 6.04 Å². The number of rotatable bonds is 5. The molecule has 0 aromatic carbocycles. The predicted octanol–water partition coefficient (Wildman–Crippen LogP) is 0.975. The molecule has 0 spiro atoms. The molecular formula is C12H26N4. The average molecular weight is 226 g/mol. The fourth-order valence-electron chi connectivity index (χ4n) is 2.64. The summed E-state index contributed by atoms with van der Waals surface area (Å²) in [7, 11) is 4.27. The molecule has 3 N–H and O–H groups in total. The molecule has 1 heterocycles. The number of piperidine rings is 1. The summed E-state index contributed by atoms with van der Waals surface area (Å²) < 4.78 is 0. The zero-order valence-corrected chi connectivity index (χ0v) is 10.9. The fourth-order valence-corrected chi connectivity index (χ4v) is 2.64. The van der Waals surface area contributed by atoms with Crippen molar-refractivity contribution in [2.45, 2.75) is 32.2 Å². The van der Waals surface area contributed by atoms with Crippen LogP contribution in [0.25, 0.3) is 0 Å². The van der Waals surface area contributed by atoms with Crippen LogP contribution in [0.4, 0.5) is 0 Å². The van der Waals surface area contributed by atoms with Gasteiger partial charge in [0.25, 0.3) is 0 Å². The number of hydrogen-bond donors (Lipinski definition) is 2. The molecule has 0 radical (unpaired) electrons. The molecule has 1 unspecified atom stereocenters. The highest BCUT2D eigenvalue weighted by Gasteiger charge is 2.25. The van der Waals surface area contributed by atoms with Gasteiger partial charge in [-0.15, -0.1) is 0 Å². The van der Waals surface area contributed by atoms with Crippen molar-refractivity contribution >= 4 is 5.84 Å². The van der Waals surface area contributed by atoms with Gasteiger partial charge in [0.2, 0.25) is 0 Å². The Labute approximate surface area is 99.3 Å². The van der Waals surface area contributed by atoms with Crippen LogP contribution in [0.3, 0.4) is 0 Å². The minimum Gasteiger partial charge on any atom is -0.386 e. The summed E-state index contributed by atoms with van der Waals surface area (Å²) in [6.45, 7) is 5.48. The topological polar surface area (TPSA) is 56.4 Å². The quantitative estimate of drug-likeness (QED) is 0.542. The van der Waals surface area contributed by atoms with Crippen LogP contribution in [0.1, 0.15) is 26.2 Å². The highest BCUT2D eigenvalue weighted by molar-refractivity contribution is 5.82. The monoisotopic (exact) mass is 226 g/mol. The SMILES string of the molecule is CCC(C(=N)N)N1CCC(CN(C)C)CC1. The lowest BCUT2D eigenvalue weighted by Gasteiger charge is -2.37. The maximum Gasteiger partial charge on any atom is 0.108 e. The van der Waals surface area contributed by atoms with E-state index in [1.807, 2.05) is 0 Å². The van der Waals surface area contributed by atoms with E-state index >= 15 is 0 Å². The van der Waals surface area contributed by atoms with Crippen LogP contribution >= 0.6 is 0 Å². The van der Waals surface area contributed by atoms with Gasteiger partial charge in [-0.3, -0.25) is 10.3 Å². The lowest BCUT2D eigenvalue weighted by atomic mass is 9.95. The van der Waals surface area contributed by atoms with E-state index in [1.54, 1.807) is 0 Å². The van der Waals surface area contributed by atoms with E-state index in [4.69, 9.17) is 11.1 Å². The second-order valence-corrected chi connectivity index (χ2v) is 5.12. The van der Waals surface area contributed by atoms with Gasteiger partial charge >= 0.3 is 0 Å². The molecule has 1 aliphatic heterocycles. The van der Waals surface area contributed by atoms with Gasteiger partial charge in [0, 0.05) is 6.54 Å². The highest BCUT2D eigenvalue weighted by Crippen LogP contribution is 2.20.